The molecule has 0 saturated heterocycles. The lowest BCUT2D eigenvalue weighted by atomic mass is 9.66. The second-order valence-corrected chi connectivity index (χ2v) is 10.9. The summed E-state index contributed by atoms with van der Waals surface area (Å²) in [5.41, 5.74) is 2.02. The van der Waals surface area contributed by atoms with Gasteiger partial charge in [-0.2, -0.15) is 0 Å². The molecule has 1 aliphatic rings. The highest BCUT2D eigenvalue weighted by Crippen LogP contribution is 2.49. The molecule has 1 heterocycles. The van der Waals surface area contributed by atoms with Crippen LogP contribution in [0.4, 0.5) is 0 Å². The van der Waals surface area contributed by atoms with Crippen LogP contribution in [0.1, 0.15) is 102 Å². The fourth-order valence-corrected chi connectivity index (χ4v) is 5.78. The molecule has 0 spiro atoms. The molecule has 6 nitrogen and oxygen atoms in total. The zero-order valence-electron chi connectivity index (χ0n) is 22.4. The number of hydrogen-bond donors (Lipinski definition) is 4. The summed E-state index contributed by atoms with van der Waals surface area (Å²) >= 11 is 0. The molecule has 2 aromatic carbocycles. The van der Waals surface area contributed by atoms with E-state index in [9.17, 15) is 25.2 Å². The van der Waals surface area contributed by atoms with Crippen LogP contribution < -0.4 is 4.74 Å². The number of carbonyl (C=O) groups is 1. The van der Waals surface area contributed by atoms with Gasteiger partial charge in [0, 0.05) is 17.4 Å². The Balaban J connectivity index is 1.48. The van der Waals surface area contributed by atoms with Crippen molar-refractivity contribution < 1.29 is 30.0 Å². The van der Waals surface area contributed by atoms with Crippen LogP contribution in [0.15, 0.2) is 42.5 Å². The van der Waals surface area contributed by atoms with Gasteiger partial charge in [0.2, 0.25) is 0 Å². The lowest BCUT2D eigenvalue weighted by molar-refractivity contribution is -0.146. The summed E-state index contributed by atoms with van der Waals surface area (Å²) in [6, 6.07) is 12.8. The first kappa shape index (κ1) is 28.8. The Bertz CT molecular complexity index is 988. The lowest BCUT2D eigenvalue weighted by Gasteiger charge is -2.43. The van der Waals surface area contributed by atoms with Crippen LogP contribution in [0, 0.1) is 5.92 Å². The van der Waals surface area contributed by atoms with Crippen molar-refractivity contribution in [2.24, 2.45) is 5.92 Å². The van der Waals surface area contributed by atoms with E-state index in [2.05, 4.69) is 6.92 Å². The number of unbranched alkanes of at least 4 members (excludes halogenated alkanes) is 6. The number of aliphatic hydroxyl groups is 1. The molecular formula is C31H44O6. The number of hydrogen-bond acceptors (Lipinski definition) is 5. The largest absolute Gasteiger partial charge is 0.508 e. The third-order valence-corrected chi connectivity index (χ3v) is 8.07. The van der Waals surface area contributed by atoms with Gasteiger partial charge in [-0.3, -0.25) is 4.79 Å². The molecule has 0 amide bonds. The second-order valence-electron chi connectivity index (χ2n) is 10.9. The van der Waals surface area contributed by atoms with E-state index in [0.29, 0.717) is 19.4 Å². The van der Waals surface area contributed by atoms with E-state index >= 15 is 0 Å². The van der Waals surface area contributed by atoms with E-state index in [-0.39, 0.29) is 22.8 Å². The van der Waals surface area contributed by atoms with Gasteiger partial charge >= 0.3 is 5.97 Å². The molecule has 0 bridgehead atoms. The highest BCUT2D eigenvalue weighted by atomic mass is 16.5. The van der Waals surface area contributed by atoms with Gasteiger partial charge in [-0.25, -0.2) is 0 Å². The maximum absolute atomic E-state index is 11.4. The number of ether oxygens (including phenoxy) is 1. The van der Waals surface area contributed by atoms with E-state index in [1.165, 1.54) is 0 Å². The van der Waals surface area contributed by atoms with Crippen molar-refractivity contribution in [1.82, 2.24) is 0 Å². The summed E-state index contributed by atoms with van der Waals surface area (Å²) in [4.78, 5) is 11.4. The van der Waals surface area contributed by atoms with Gasteiger partial charge in [-0.1, -0.05) is 83.4 Å². The van der Waals surface area contributed by atoms with Crippen molar-refractivity contribution in [3.8, 4) is 17.2 Å². The maximum Gasteiger partial charge on any atom is 0.309 e. The van der Waals surface area contributed by atoms with E-state index in [1.54, 1.807) is 24.3 Å². The maximum atomic E-state index is 11.4. The Morgan fingerprint density at radius 2 is 1.57 bits per heavy atom. The quantitative estimate of drug-likeness (QED) is 0.193. The predicted octanol–water partition coefficient (Wildman–Crippen LogP) is 6.90. The molecule has 204 valence electrons. The van der Waals surface area contributed by atoms with Gasteiger partial charge in [0.1, 0.15) is 17.2 Å². The SMILES string of the molecule is CCCC(O)C(CCCCCCCCC[C@@H]1c2ccc(O)cc2OC[C@]1(C)c1ccc(O)cc1)C(=O)O. The highest BCUT2D eigenvalue weighted by Gasteiger charge is 2.42. The standard InChI is InChI=1S/C31H44O6/c1-3-11-28(34)26(30(35)36)12-9-7-5-4-6-8-10-13-27-25-19-18-24(33)20-29(25)37-21-31(27,2)22-14-16-23(32)17-15-22/h14-20,26-28,32-34H,3-13,21H2,1-2H3,(H,35,36)/t26?,27-,28?,31-/m1/s1. The summed E-state index contributed by atoms with van der Waals surface area (Å²) in [6.45, 7) is 4.70. The molecule has 1 aliphatic heterocycles. The second kappa shape index (κ2) is 13.7. The van der Waals surface area contributed by atoms with Gasteiger partial charge in [-0.15, -0.1) is 0 Å². The Hall–Kier alpha value is -2.73. The zero-order chi connectivity index (χ0) is 26.8. The molecule has 37 heavy (non-hydrogen) atoms. The Kier molecular flexibility index (Phi) is 10.7. The molecule has 2 unspecified atom stereocenters. The highest BCUT2D eigenvalue weighted by molar-refractivity contribution is 5.70. The number of aromatic hydroxyl groups is 2. The van der Waals surface area contributed by atoms with Gasteiger partial charge in [-0.05, 0) is 48.6 Å². The predicted molar refractivity (Wildman–Crippen MR) is 145 cm³/mol. The first-order chi connectivity index (χ1) is 17.8. The van der Waals surface area contributed by atoms with Gasteiger partial charge in [0.25, 0.3) is 0 Å². The Morgan fingerprint density at radius 3 is 2.22 bits per heavy atom. The van der Waals surface area contributed by atoms with Gasteiger partial charge in [0.15, 0.2) is 0 Å². The number of phenols is 2. The minimum atomic E-state index is -0.884. The van der Waals surface area contributed by atoms with Crippen molar-refractivity contribution in [2.45, 2.75) is 102 Å². The summed E-state index contributed by atoms with van der Waals surface area (Å²) in [7, 11) is 0. The van der Waals surface area contributed by atoms with Crippen LogP contribution in [-0.4, -0.2) is 39.1 Å². The number of phenolic OH excluding ortho intramolecular Hbond substituents is 2. The van der Waals surface area contributed by atoms with Crippen molar-refractivity contribution in [3.63, 3.8) is 0 Å². The first-order valence-electron chi connectivity index (χ1n) is 13.9. The van der Waals surface area contributed by atoms with E-state index in [4.69, 9.17) is 4.74 Å². The fraction of sp³-hybridized carbons (Fsp3) is 0.581. The number of carboxylic acid groups (broad SMARTS) is 1. The molecule has 2 aromatic rings. The lowest BCUT2D eigenvalue weighted by Crippen LogP contribution is -2.40. The van der Waals surface area contributed by atoms with Crippen LogP contribution in [0.3, 0.4) is 0 Å². The Labute approximate surface area is 221 Å². The van der Waals surface area contributed by atoms with Crippen molar-refractivity contribution in [1.29, 1.82) is 0 Å². The molecule has 4 N–H and O–H groups in total. The van der Waals surface area contributed by atoms with Crippen LogP contribution in [0.2, 0.25) is 0 Å². The summed E-state index contributed by atoms with van der Waals surface area (Å²) < 4.78 is 6.10. The van der Waals surface area contributed by atoms with E-state index in [1.807, 2.05) is 25.1 Å². The minimum absolute atomic E-state index is 0.209. The number of aliphatic carboxylic acids is 1. The summed E-state index contributed by atoms with van der Waals surface area (Å²) in [5.74, 6) is -0.0759. The normalized spacial score (nSPS) is 20.6. The van der Waals surface area contributed by atoms with Crippen molar-refractivity contribution in [2.75, 3.05) is 6.61 Å². The molecular weight excluding hydrogens is 468 g/mol. The smallest absolute Gasteiger partial charge is 0.309 e. The molecule has 0 radical (unpaired) electrons. The van der Waals surface area contributed by atoms with E-state index in [0.717, 1.165) is 74.7 Å². The molecule has 6 heteroatoms. The number of benzene rings is 2. The molecule has 0 fully saturated rings. The third kappa shape index (κ3) is 7.64. The van der Waals surface area contributed by atoms with Crippen LogP contribution in [0.25, 0.3) is 0 Å². The number of carboxylic acids is 1. The summed E-state index contributed by atoms with van der Waals surface area (Å²) in [6.07, 6.45) is 9.56. The third-order valence-electron chi connectivity index (χ3n) is 8.07. The van der Waals surface area contributed by atoms with Crippen LogP contribution in [-0.2, 0) is 10.2 Å². The molecule has 4 atom stereocenters. The van der Waals surface area contributed by atoms with Crippen LogP contribution >= 0.6 is 0 Å². The average molecular weight is 513 g/mol. The first-order valence-corrected chi connectivity index (χ1v) is 13.9. The van der Waals surface area contributed by atoms with E-state index < -0.39 is 18.0 Å². The topological polar surface area (TPSA) is 107 Å². The molecule has 0 aromatic heterocycles. The average Bonchev–Trinajstić information content (AvgIpc) is 2.86. The summed E-state index contributed by atoms with van der Waals surface area (Å²) in [5, 5.41) is 39.2. The minimum Gasteiger partial charge on any atom is -0.508 e. The van der Waals surface area contributed by atoms with Gasteiger partial charge < -0.3 is 25.2 Å². The van der Waals surface area contributed by atoms with Crippen molar-refractivity contribution >= 4 is 5.97 Å². The zero-order valence-corrected chi connectivity index (χ0v) is 22.4. The fourth-order valence-electron chi connectivity index (χ4n) is 5.78. The molecule has 0 saturated carbocycles. The molecule has 0 aliphatic carbocycles. The number of fused-ring (bicyclic) bond motifs is 1. The number of aliphatic hydroxyl groups excluding tert-OH is 1. The monoisotopic (exact) mass is 512 g/mol. The van der Waals surface area contributed by atoms with Crippen molar-refractivity contribution in [3.05, 3.63) is 53.6 Å². The van der Waals surface area contributed by atoms with Crippen LogP contribution in [0.5, 0.6) is 17.2 Å². The molecule has 3 rings (SSSR count). The Morgan fingerprint density at radius 1 is 0.946 bits per heavy atom. The number of rotatable bonds is 15. The van der Waals surface area contributed by atoms with Gasteiger partial charge in [0.05, 0.1) is 18.6 Å².